The number of nitrogens with zero attached hydrogens (tertiary/aromatic N) is 6. The highest BCUT2D eigenvalue weighted by atomic mass is 15.3. The molecule has 1 fully saturated rings. The first kappa shape index (κ1) is 15.4. The van der Waals surface area contributed by atoms with Crippen LogP contribution in [0.15, 0.2) is 43.0 Å². The number of aryl methyl sites for hydroxylation is 1. The van der Waals surface area contributed by atoms with Gasteiger partial charge in [0.15, 0.2) is 0 Å². The maximum atomic E-state index is 4.70. The number of hydrogen-bond acceptors (Lipinski definition) is 4. The summed E-state index contributed by atoms with van der Waals surface area (Å²) in [7, 11) is 0. The van der Waals surface area contributed by atoms with Gasteiger partial charge in [-0.1, -0.05) is 6.07 Å². The van der Waals surface area contributed by atoms with Crippen molar-refractivity contribution in [2.24, 2.45) is 0 Å². The van der Waals surface area contributed by atoms with E-state index in [1.807, 2.05) is 18.3 Å². The van der Waals surface area contributed by atoms with E-state index in [1.54, 1.807) is 0 Å². The Bertz CT molecular complexity index is 764. The molecule has 1 aliphatic rings. The lowest BCUT2D eigenvalue weighted by atomic mass is 10.3. The second-order valence-corrected chi connectivity index (χ2v) is 6.38. The van der Waals surface area contributed by atoms with E-state index in [9.17, 15) is 0 Å². The topological polar surface area (TPSA) is 41.6 Å². The Kier molecular flexibility index (Phi) is 4.32. The summed E-state index contributed by atoms with van der Waals surface area (Å²) in [4.78, 5) is 14.2. The van der Waals surface area contributed by atoms with Gasteiger partial charge < -0.3 is 8.97 Å². The fraction of sp³-hybridized carbons (Fsp3) is 0.444. The van der Waals surface area contributed by atoms with Gasteiger partial charge in [0.25, 0.3) is 0 Å². The maximum Gasteiger partial charge on any atom is 0.137 e. The van der Waals surface area contributed by atoms with Crippen molar-refractivity contribution in [3.8, 4) is 0 Å². The van der Waals surface area contributed by atoms with Gasteiger partial charge in [0.05, 0.1) is 12.2 Å². The number of aromatic nitrogens is 4. The van der Waals surface area contributed by atoms with Gasteiger partial charge in [0.1, 0.15) is 11.5 Å². The molecule has 126 valence electrons. The summed E-state index contributed by atoms with van der Waals surface area (Å²) >= 11 is 0. The molecule has 6 nitrogen and oxygen atoms in total. The van der Waals surface area contributed by atoms with Gasteiger partial charge in [-0.25, -0.2) is 9.97 Å². The van der Waals surface area contributed by atoms with E-state index in [2.05, 4.69) is 55.3 Å². The van der Waals surface area contributed by atoms with Crippen molar-refractivity contribution in [3.63, 3.8) is 0 Å². The Morgan fingerprint density at radius 3 is 2.54 bits per heavy atom. The van der Waals surface area contributed by atoms with Crippen LogP contribution in [0, 0.1) is 0 Å². The molecule has 0 atom stereocenters. The lowest BCUT2D eigenvalue weighted by Gasteiger charge is -2.34. The van der Waals surface area contributed by atoms with Gasteiger partial charge in [-0.2, -0.15) is 0 Å². The van der Waals surface area contributed by atoms with Crippen LogP contribution in [-0.4, -0.2) is 54.9 Å². The fourth-order valence-electron chi connectivity index (χ4n) is 3.38. The van der Waals surface area contributed by atoms with E-state index in [-0.39, 0.29) is 0 Å². The Morgan fingerprint density at radius 2 is 1.79 bits per heavy atom. The van der Waals surface area contributed by atoms with E-state index in [1.165, 1.54) is 5.82 Å². The Morgan fingerprint density at radius 1 is 1.00 bits per heavy atom. The lowest BCUT2D eigenvalue weighted by Crippen LogP contribution is -2.45. The van der Waals surface area contributed by atoms with Crippen LogP contribution in [0.1, 0.15) is 18.4 Å². The molecule has 6 heteroatoms. The molecule has 0 bridgehead atoms. The summed E-state index contributed by atoms with van der Waals surface area (Å²) in [5.74, 6) is 1.17. The predicted molar refractivity (Wildman–Crippen MR) is 93.6 cm³/mol. The number of fused-ring (bicyclic) bond motifs is 1. The average Bonchev–Trinajstić information content (AvgIpc) is 3.22. The Labute approximate surface area is 142 Å². The molecule has 4 rings (SSSR count). The molecule has 4 heterocycles. The third-order valence-electron chi connectivity index (χ3n) is 4.77. The van der Waals surface area contributed by atoms with Crippen LogP contribution in [0.4, 0.5) is 0 Å². The first-order valence-electron chi connectivity index (χ1n) is 8.69. The van der Waals surface area contributed by atoms with Gasteiger partial charge in [-0.3, -0.25) is 9.80 Å². The van der Waals surface area contributed by atoms with Crippen LogP contribution in [0.2, 0.25) is 0 Å². The highest BCUT2D eigenvalue weighted by Crippen LogP contribution is 2.12. The molecular weight excluding hydrogens is 300 g/mol. The van der Waals surface area contributed by atoms with Gasteiger partial charge >= 0.3 is 0 Å². The molecule has 0 aromatic carbocycles. The molecule has 1 aliphatic heterocycles. The maximum absolute atomic E-state index is 4.70. The van der Waals surface area contributed by atoms with Gasteiger partial charge in [0.2, 0.25) is 0 Å². The van der Waals surface area contributed by atoms with E-state index >= 15 is 0 Å². The standard InChI is InChI=1S/C18H24N6/c1-2-23-8-6-19-18(23)15-22-11-9-21(10-12-22)13-16-14-24-7-4-3-5-17(24)20-16/h3-8,14H,2,9-13,15H2,1H3. The number of piperazine rings is 1. The summed E-state index contributed by atoms with van der Waals surface area (Å²) in [5, 5.41) is 0. The quantitative estimate of drug-likeness (QED) is 0.718. The third kappa shape index (κ3) is 3.20. The van der Waals surface area contributed by atoms with Gasteiger partial charge in [0, 0.05) is 64.1 Å². The molecule has 0 aliphatic carbocycles. The van der Waals surface area contributed by atoms with E-state index in [4.69, 9.17) is 4.98 Å². The summed E-state index contributed by atoms with van der Waals surface area (Å²) < 4.78 is 4.32. The normalized spacial score (nSPS) is 16.9. The molecule has 0 spiro atoms. The van der Waals surface area contributed by atoms with Crippen LogP contribution in [0.3, 0.4) is 0 Å². The predicted octanol–water partition coefficient (Wildman–Crippen LogP) is 1.87. The zero-order valence-corrected chi connectivity index (χ0v) is 14.2. The van der Waals surface area contributed by atoms with E-state index < -0.39 is 0 Å². The van der Waals surface area contributed by atoms with Gasteiger partial charge in [-0.05, 0) is 19.1 Å². The summed E-state index contributed by atoms with van der Waals surface area (Å²) in [5.41, 5.74) is 2.17. The number of rotatable bonds is 5. The highest BCUT2D eigenvalue weighted by Gasteiger charge is 2.19. The summed E-state index contributed by atoms with van der Waals surface area (Å²) in [6.07, 6.45) is 8.16. The zero-order valence-electron chi connectivity index (χ0n) is 14.2. The molecule has 0 amide bonds. The lowest BCUT2D eigenvalue weighted by molar-refractivity contribution is 0.118. The highest BCUT2D eigenvalue weighted by molar-refractivity contribution is 5.39. The average molecular weight is 324 g/mol. The van der Waals surface area contributed by atoms with Crippen LogP contribution in [0.5, 0.6) is 0 Å². The molecule has 3 aromatic rings. The van der Waals surface area contributed by atoms with Crippen molar-refractivity contribution in [1.82, 2.24) is 28.7 Å². The van der Waals surface area contributed by atoms with Crippen molar-refractivity contribution < 1.29 is 0 Å². The number of hydrogen-bond donors (Lipinski definition) is 0. The number of pyridine rings is 1. The van der Waals surface area contributed by atoms with Crippen LogP contribution < -0.4 is 0 Å². The second-order valence-electron chi connectivity index (χ2n) is 6.38. The van der Waals surface area contributed by atoms with E-state index in [0.29, 0.717) is 0 Å². The third-order valence-corrected chi connectivity index (χ3v) is 4.77. The van der Waals surface area contributed by atoms with Crippen LogP contribution >= 0.6 is 0 Å². The molecule has 0 N–H and O–H groups in total. The molecule has 0 unspecified atom stereocenters. The van der Waals surface area contributed by atoms with Crippen molar-refractivity contribution in [2.45, 2.75) is 26.6 Å². The van der Waals surface area contributed by atoms with Crippen molar-refractivity contribution >= 4 is 5.65 Å². The minimum Gasteiger partial charge on any atom is -0.334 e. The summed E-state index contributed by atoms with van der Waals surface area (Å²) in [6, 6.07) is 6.12. The van der Waals surface area contributed by atoms with Crippen molar-refractivity contribution in [1.29, 1.82) is 0 Å². The fourth-order valence-corrected chi connectivity index (χ4v) is 3.38. The second kappa shape index (κ2) is 6.75. The summed E-state index contributed by atoms with van der Waals surface area (Å²) in [6.45, 7) is 9.37. The number of imidazole rings is 2. The molecular formula is C18H24N6. The molecule has 1 saturated heterocycles. The first-order valence-corrected chi connectivity index (χ1v) is 8.69. The van der Waals surface area contributed by atoms with Crippen LogP contribution in [0.25, 0.3) is 5.65 Å². The zero-order chi connectivity index (χ0) is 16.4. The Balaban J connectivity index is 1.32. The minimum atomic E-state index is 0.930. The minimum absolute atomic E-state index is 0.930. The molecule has 3 aromatic heterocycles. The SMILES string of the molecule is CCn1ccnc1CN1CCN(Cc2cn3ccccc3n2)CC1. The van der Waals surface area contributed by atoms with Crippen LogP contribution in [-0.2, 0) is 19.6 Å². The van der Waals surface area contributed by atoms with Crippen molar-refractivity contribution in [3.05, 3.63) is 54.5 Å². The van der Waals surface area contributed by atoms with E-state index in [0.717, 1.165) is 57.2 Å². The molecule has 24 heavy (non-hydrogen) atoms. The first-order chi connectivity index (χ1) is 11.8. The largest absolute Gasteiger partial charge is 0.334 e. The van der Waals surface area contributed by atoms with Gasteiger partial charge in [-0.15, -0.1) is 0 Å². The molecule has 0 saturated carbocycles. The smallest absolute Gasteiger partial charge is 0.137 e. The van der Waals surface area contributed by atoms with Crippen molar-refractivity contribution in [2.75, 3.05) is 26.2 Å². The molecule has 0 radical (unpaired) electrons. The Hall–Kier alpha value is -2.18. The monoisotopic (exact) mass is 324 g/mol.